The molecule has 0 saturated heterocycles. The van der Waals surface area contributed by atoms with Gasteiger partial charge >= 0.3 is 0 Å². The van der Waals surface area contributed by atoms with E-state index in [0.29, 0.717) is 17.7 Å². The number of anilines is 1. The molecule has 0 unspecified atom stereocenters. The zero-order valence-electron chi connectivity index (χ0n) is 12.7. The first-order valence-electron chi connectivity index (χ1n) is 8.12. The minimum absolute atomic E-state index is 0.199. The molecule has 1 aliphatic rings. The van der Waals surface area contributed by atoms with E-state index in [-0.39, 0.29) is 5.56 Å². The number of nitrogens with zero attached hydrogens (tertiary/aromatic N) is 2. The van der Waals surface area contributed by atoms with Crippen molar-refractivity contribution in [1.82, 2.24) is 15.2 Å². The Morgan fingerprint density at radius 2 is 1.64 bits per heavy atom. The van der Waals surface area contributed by atoms with Gasteiger partial charge in [-0.25, -0.2) is 0 Å². The summed E-state index contributed by atoms with van der Waals surface area (Å²) >= 11 is 0. The number of aromatic nitrogens is 3. The minimum Gasteiger partial charge on any atom is -0.352 e. The van der Waals surface area contributed by atoms with Crippen LogP contribution in [0.15, 0.2) is 35.1 Å². The van der Waals surface area contributed by atoms with Gasteiger partial charge in [-0.1, -0.05) is 62.4 Å². The average molecular weight is 298 g/mol. The van der Waals surface area contributed by atoms with E-state index >= 15 is 0 Å². The Bertz CT molecular complexity index is 645. The van der Waals surface area contributed by atoms with Crippen LogP contribution in [-0.4, -0.2) is 21.2 Å². The van der Waals surface area contributed by atoms with Crippen molar-refractivity contribution in [2.24, 2.45) is 0 Å². The largest absolute Gasteiger partial charge is 0.352 e. The maximum atomic E-state index is 12.2. The quantitative estimate of drug-likeness (QED) is 0.911. The fourth-order valence-electron chi connectivity index (χ4n) is 2.98. The number of rotatable bonds is 3. The van der Waals surface area contributed by atoms with Crippen molar-refractivity contribution in [1.29, 1.82) is 0 Å². The zero-order valence-corrected chi connectivity index (χ0v) is 12.7. The molecule has 116 valence electrons. The summed E-state index contributed by atoms with van der Waals surface area (Å²) in [5.74, 6) is 0.482. The van der Waals surface area contributed by atoms with Crippen molar-refractivity contribution in [2.45, 2.75) is 51.0 Å². The topological polar surface area (TPSA) is 70.7 Å². The Morgan fingerprint density at radius 1 is 0.955 bits per heavy atom. The highest BCUT2D eigenvalue weighted by molar-refractivity contribution is 5.57. The number of hydrogen-bond acceptors (Lipinski definition) is 4. The SMILES string of the molecule is O=c1[nH]c(NC2CCCCCCC2)nnc1-c1ccccc1. The molecule has 0 atom stereocenters. The summed E-state index contributed by atoms with van der Waals surface area (Å²) in [6.45, 7) is 0. The molecule has 2 aromatic rings. The van der Waals surface area contributed by atoms with Crippen molar-refractivity contribution >= 4 is 5.95 Å². The van der Waals surface area contributed by atoms with Crippen LogP contribution in [0.5, 0.6) is 0 Å². The molecule has 5 heteroatoms. The molecule has 1 saturated carbocycles. The first-order valence-corrected chi connectivity index (χ1v) is 8.12. The van der Waals surface area contributed by atoms with Gasteiger partial charge in [-0.05, 0) is 12.8 Å². The summed E-state index contributed by atoms with van der Waals surface area (Å²) in [4.78, 5) is 15.0. The van der Waals surface area contributed by atoms with Crippen LogP contribution in [0.1, 0.15) is 44.9 Å². The molecule has 3 rings (SSSR count). The van der Waals surface area contributed by atoms with E-state index in [1.54, 1.807) is 0 Å². The molecule has 1 heterocycles. The number of nitrogens with one attached hydrogen (secondary N) is 2. The van der Waals surface area contributed by atoms with Crippen LogP contribution in [0, 0.1) is 0 Å². The highest BCUT2D eigenvalue weighted by atomic mass is 16.1. The van der Waals surface area contributed by atoms with Gasteiger partial charge in [0, 0.05) is 11.6 Å². The molecule has 1 aliphatic carbocycles. The predicted molar refractivity (Wildman–Crippen MR) is 87.8 cm³/mol. The average Bonchev–Trinajstić information content (AvgIpc) is 2.51. The molecule has 1 fully saturated rings. The molecule has 1 aromatic heterocycles. The van der Waals surface area contributed by atoms with Gasteiger partial charge < -0.3 is 5.32 Å². The Balaban J connectivity index is 1.73. The van der Waals surface area contributed by atoms with Gasteiger partial charge in [0.25, 0.3) is 5.56 Å². The van der Waals surface area contributed by atoms with Crippen LogP contribution in [0.3, 0.4) is 0 Å². The molecular formula is C17H22N4O. The standard InChI is InChI=1S/C17H22N4O/c22-16-15(13-9-5-4-6-10-13)20-21-17(19-16)18-14-11-7-2-1-3-8-12-14/h4-6,9-10,14H,1-3,7-8,11-12H2,(H2,18,19,21,22). The monoisotopic (exact) mass is 298 g/mol. The van der Waals surface area contributed by atoms with Gasteiger partial charge in [-0.2, -0.15) is 0 Å². The smallest absolute Gasteiger partial charge is 0.279 e. The third kappa shape index (κ3) is 3.72. The number of H-pyrrole nitrogens is 1. The van der Waals surface area contributed by atoms with Gasteiger partial charge in [0.05, 0.1) is 0 Å². The molecule has 0 amide bonds. The van der Waals surface area contributed by atoms with Gasteiger partial charge in [-0.3, -0.25) is 9.78 Å². The van der Waals surface area contributed by atoms with Gasteiger partial charge in [-0.15, -0.1) is 10.2 Å². The fourth-order valence-corrected chi connectivity index (χ4v) is 2.98. The van der Waals surface area contributed by atoms with Crippen LogP contribution < -0.4 is 10.9 Å². The maximum Gasteiger partial charge on any atom is 0.279 e. The third-order valence-corrected chi connectivity index (χ3v) is 4.19. The maximum absolute atomic E-state index is 12.2. The molecule has 0 aliphatic heterocycles. The van der Waals surface area contributed by atoms with E-state index in [4.69, 9.17) is 0 Å². The van der Waals surface area contributed by atoms with Crippen molar-refractivity contribution in [3.8, 4) is 11.3 Å². The van der Waals surface area contributed by atoms with Crippen LogP contribution in [-0.2, 0) is 0 Å². The predicted octanol–water partition coefficient (Wildman–Crippen LogP) is 3.36. The summed E-state index contributed by atoms with van der Waals surface area (Å²) in [5.41, 5.74) is 0.951. The molecule has 1 aromatic carbocycles. The van der Waals surface area contributed by atoms with E-state index in [1.807, 2.05) is 30.3 Å². The second-order valence-corrected chi connectivity index (χ2v) is 5.90. The second-order valence-electron chi connectivity index (χ2n) is 5.90. The number of aromatic amines is 1. The summed E-state index contributed by atoms with van der Waals surface area (Å²) < 4.78 is 0. The molecule has 5 nitrogen and oxygen atoms in total. The Kier molecular flexibility index (Phi) is 4.83. The lowest BCUT2D eigenvalue weighted by atomic mass is 9.97. The van der Waals surface area contributed by atoms with Crippen LogP contribution in [0.25, 0.3) is 11.3 Å². The van der Waals surface area contributed by atoms with E-state index in [0.717, 1.165) is 18.4 Å². The van der Waals surface area contributed by atoms with E-state index in [2.05, 4.69) is 20.5 Å². The zero-order chi connectivity index (χ0) is 15.2. The van der Waals surface area contributed by atoms with E-state index < -0.39 is 0 Å². The molecule has 0 radical (unpaired) electrons. The Morgan fingerprint density at radius 3 is 2.32 bits per heavy atom. The van der Waals surface area contributed by atoms with Crippen molar-refractivity contribution in [3.05, 3.63) is 40.7 Å². The second kappa shape index (κ2) is 7.20. The Labute approximate surface area is 130 Å². The van der Waals surface area contributed by atoms with Crippen molar-refractivity contribution < 1.29 is 0 Å². The van der Waals surface area contributed by atoms with Crippen molar-refractivity contribution in [3.63, 3.8) is 0 Å². The number of hydrogen-bond donors (Lipinski definition) is 2. The van der Waals surface area contributed by atoms with Crippen LogP contribution >= 0.6 is 0 Å². The lowest BCUT2D eigenvalue weighted by Gasteiger charge is -2.20. The highest BCUT2D eigenvalue weighted by Gasteiger charge is 2.13. The lowest BCUT2D eigenvalue weighted by molar-refractivity contribution is 0.469. The molecule has 2 N–H and O–H groups in total. The lowest BCUT2D eigenvalue weighted by Crippen LogP contribution is -2.25. The Hall–Kier alpha value is -2.17. The van der Waals surface area contributed by atoms with Gasteiger partial charge in [0.1, 0.15) is 0 Å². The van der Waals surface area contributed by atoms with Crippen LogP contribution in [0.2, 0.25) is 0 Å². The first kappa shape index (κ1) is 14.8. The van der Waals surface area contributed by atoms with Gasteiger partial charge in [0.15, 0.2) is 5.69 Å². The van der Waals surface area contributed by atoms with Crippen molar-refractivity contribution in [2.75, 3.05) is 5.32 Å². The van der Waals surface area contributed by atoms with Gasteiger partial charge in [0.2, 0.25) is 5.95 Å². The highest BCUT2D eigenvalue weighted by Crippen LogP contribution is 2.19. The van der Waals surface area contributed by atoms with E-state index in [1.165, 1.54) is 32.1 Å². The summed E-state index contributed by atoms with van der Waals surface area (Å²) in [7, 11) is 0. The summed E-state index contributed by atoms with van der Waals surface area (Å²) in [5, 5.41) is 11.6. The summed E-state index contributed by atoms with van der Waals surface area (Å²) in [6.07, 6.45) is 8.67. The van der Waals surface area contributed by atoms with Crippen LogP contribution in [0.4, 0.5) is 5.95 Å². The molecule has 22 heavy (non-hydrogen) atoms. The third-order valence-electron chi connectivity index (χ3n) is 4.19. The molecule has 0 bridgehead atoms. The minimum atomic E-state index is -0.199. The number of benzene rings is 1. The van der Waals surface area contributed by atoms with E-state index in [9.17, 15) is 4.79 Å². The normalized spacial score (nSPS) is 16.7. The molecule has 0 spiro atoms. The fraction of sp³-hybridized carbons (Fsp3) is 0.471. The summed E-state index contributed by atoms with van der Waals surface area (Å²) in [6, 6.07) is 9.79. The first-order chi connectivity index (χ1) is 10.8. The molecular weight excluding hydrogens is 276 g/mol.